The lowest BCUT2D eigenvalue weighted by atomic mass is 10.2. The van der Waals surface area contributed by atoms with Gasteiger partial charge in [-0.25, -0.2) is 0 Å². The molecule has 0 saturated carbocycles. The van der Waals surface area contributed by atoms with E-state index in [2.05, 4.69) is 25.7 Å². The second-order valence-electron chi connectivity index (χ2n) is 6.85. The molecule has 0 radical (unpaired) electrons. The van der Waals surface area contributed by atoms with Crippen LogP contribution in [0.5, 0.6) is 0 Å². The van der Waals surface area contributed by atoms with E-state index in [1.165, 1.54) is 11.8 Å². The molecule has 0 aliphatic carbocycles. The number of rotatable bonds is 6. The van der Waals surface area contributed by atoms with E-state index in [1.54, 1.807) is 10.7 Å². The SMILES string of the molecule is Cc1ccccc1-n1nnnc1SCC(=O)Nc1cc(Cl)ccc1N1CCCC1. The molecular formula is C20H21ClN6OS. The minimum absolute atomic E-state index is 0.128. The first-order chi connectivity index (χ1) is 14.1. The highest BCUT2D eigenvalue weighted by molar-refractivity contribution is 7.99. The first-order valence-electron chi connectivity index (χ1n) is 9.43. The maximum absolute atomic E-state index is 12.6. The summed E-state index contributed by atoms with van der Waals surface area (Å²) in [4.78, 5) is 14.9. The summed E-state index contributed by atoms with van der Waals surface area (Å²) in [6.45, 7) is 3.98. The number of amides is 1. The predicted molar refractivity (Wildman–Crippen MR) is 116 cm³/mol. The maximum atomic E-state index is 12.6. The molecule has 1 N–H and O–H groups in total. The predicted octanol–water partition coefficient (Wildman–Crippen LogP) is 3.96. The van der Waals surface area contributed by atoms with E-state index in [0.717, 1.165) is 48.6 Å². The highest BCUT2D eigenvalue weighted by atomic mass is 35.5. The fourth-order valence-corrected chi connectivity index (χ4v) is 4.24. The summed E-state index contributed by atoms with van der Waals surface area (Å²) in [6, 6.07) is 13.5. The summed E-state index contributed by atoms with van der Waals surface area (Å²) in [6.07, 6.45) is 2.32. The van der Waals surface area contributed by atoms with Crippen molar-refractivity contribution in [2.75, 3.05) is 29.1 Å². The molecule has 0 unspecified atom stereocenters. The molecule has 1 aliphatic rings. The number of benzene rings is 2. The van der Waals surface area contributed by atoms with Gasteiger partial charge in [-0.05, 0) is 60.0 Å². The highest BCUT2D eigenvalue weighted by Crippen LogP contribution is 2.32. The first-order valence-corrected chi connectivity index (χ1v) is 10.8. The van der Waals surface area contributed by atoms with Gasteiger partial charge in [-0.1, -0.05) is 41.6 Å². The van der Waals surface area contributed by atoms with E-state index in [9.17, 15) is 4.79 Å². The standard InChI is InChI=1S/C20H21ClN6OS/c1-14-6-2-3-7-17(14)27-20(23-24-25-27)29-13-19(28)22-16-12-15(21)8-9-18(16)26-10-4-5-11-26/h2-3,6-9,12H,4-5,10-11,13H2,1H3,(H,22,28). The molecule has 3 aromatic rings. The number of nitrogens with one attached hydrogen (secondary N) is 1. The molecule has 0 spiro atoms. The zero-order chi connectivity index (χ0) is 20.2. The average Bonchev–Trinajstić information content (AvgIpc) is 3.39. The molecule has 9 heteroatoms. The van der Waals surface area contributed by atoms with Crippen molar-refractivity contribution in [3.05, 3.63) is 53.1 Å². The summed E-state index contributed by atoms with van der Waals surface area (Å²) in [5.41, 5.74) is 3.70. The highest BCUT2D eigenvalue weighted by Gasteiger charge is 2.18. The molecule has 1 fully saturated rings. The van der Waals surface area contributed by atoms with Crippen LogP contribution in [-0.4, -0.2) is 45.0 Å². The Labute approximate surface area is 178 Å². The van der Waals surface area contributed by atoms with Gasteiger partial charge in [-0.2, -0.15) is 4.68 Å². The molecule has 4 rings (SSSR count). The van der Waals surface area contributed by atoms with Crippen molar-refractivity contribution >= 4 is 40.6 Å². The van der Waals surface area contributed by atoms with Gasteiger partial charge in [0.15, 0.2) is 0 Å². The minimum atomic E-state index is -0.128. The number of thioether (sulfide) groups is 1. The minimum Gasteiger partial charge on any atom is -0.370 e. The Hall–Kier alpha value is -2.58. The molecule has 1 saturated heterocycles. The Bertz CT molecular complexity index is 1020. The third-order valence-electron chi connectivity index (χ3n) is 4.80. The molecule has 1 amide bonds. The largest absolute Gasteiger partial charge is 0.370 e. The quantitative estimate of drug-likeness (QED) is 0.599. The van der Waals surface area contributed by atoms with E-state index in [1.807, 2.05) is 43.3 Å². The van der Waals surface area contributed by atoms with Crippen molar-refractivity contribution in [3.8, 4) is 5.69 Å². The normalized spacial score (nSPS) is 13.7. The molecule has 1 aliphatic heterocycles. The van der Waals surface area contributed by atoms with E-state index >= 15 is 0 Å². The fraction of sp³-hybridized carbons (Fsp3) is 0.300. The molecular weight excluding hydrogens is 408 g/mol. The van der Waals surface area contributed by atoms with Crippen LogP contribution in [0.25, 0.3) is 5.69 Å². The molecule has 2 aromatic carbocycles. The number of nitrogens with zero attached hydrogens (tertiary/aromatic N) is 5. The Morgan fingerprint density at radius 1 is 1.17 bits per heavy atom. The van der Waals surface area contributed by atoms with Crippen molar-refractivity contribution in [1.29, 1.82) is 0 Å². The van der Waals surface area contributed by atoms with E-state index in [0.29, 0.717) is 10.2 Å². The lowest BCUT2D eigenvalue weighted by Gasteiger charge is -2.21. The van der Waals surface area contributed by atoms with Gasteiger partial charge >= 0.3 is 0 Å². The summed E-state index contributed by atoms with van der Waals surface area (Å²) in [5, 5.41) is 16.1. The zero-order valence-corrected chi connectivity index (χ0v) is 17.6. The van der Waals surface area contributed by atoms with Crippen molar-refractivity contribution in [2.24, 2.45) is 0 Å². The van der Waals surface area contributed by atoms with Crippen LogP contribution in [0.3, 0.4) is 0 Å². The number of hydrogen-bond donors (Lipinski definition) is 1. The lowest BCUT2D eigenvalue weighted by Crippen LogP contribution is -2.22. The zero-order valence-electron chi connectivity index (χ0n) is 16.0. The number of aromatic nitrogens is 4. The van der Waals surface area contributed by atoms with Crippen molar-refractivity contribution in [2.45, 2.75) is 24.9 Å². The van der Waals surface area contributed by atoms with Gasteiger partial charge in [-0.15, -0.1) is 5.10 Å². The molecule has 150 valence electrons. The van der Waals surface area contributed by atoms with Crippen molar-refractivity contribution < 1.29 is 4.79 Å². The van der Waals surface area contributed by atoms with Gasteiger partial charge in [0.1, 0.15) is 0 Å². The molecule has 29 heavy (non-hydrogen) atoms. The van der Waals surface area contributed by atoms with E-state index in [-0.39, 0.29) is 11.7 Å². The number of hydrogen-bond acceptors (Lipinski definition) is 6. The maximum Gasteiger partial charge on any atom is 0.234 e. The van der Waals surface area contributed by atoms with Crippen LogP contribution in [-0.2, 0) is 4.79 Å². The van der Waals surface area contributed by atoms with E-state index in [4.69, 9.17) is 11.6 Å². The Kier molecular flexibility index (Phi) is 6.01. The lowest BCUT2D eigenvalue weighted by molar-refractivity contribution is -0.113. The molecule has 0 atom stereocenters. The average molecular weight is 429 g/mol. The first kappa shape index (κ1) is 19.7. The van der Waals surface area contributed by atoms with Crippen molar-refractivity contribution in [1.82, 2.24) is 20.2 Å². The van der Waals surface area contributed by atoms with Crippen LogP contribution >= 0.6 is 23.4 Å². The van der Waals surface area contributed by atoms with Crippen LogP contribution < -0.4 is 10.2 Å². The Morgan fingerprint density at radius 2 is 1.97 bits per heavy atom. The van der Waals surface area contributed by atoms with Crippen LogP contribution in [0.2, 0.25) is 5.02 Å². The smallest absolute Gasteiger partial charge is 0.234 e. The van der Waals surface area contributed by atoms with Crippen LogP contribution in [0.15, 0.2) is 47.6 Å². The number of para-hydroxylation sites is 1. The van der Waals surface area contributed by atoms with Crippen LogP contribution in [0, 0.1) is 6.92 Å². The molecule has 1 aromatic heterocycles. The van der Waals surface area contributed by atoms with Gasteiger partial charge in [0, 0.05) is 18.1 Å². The van der Waals surface area contributed by atoms with Gasteiger partial charge in [0.2, 0.25) is 11.1 Å². The summed E-state index contributed by atoms with van der Waals surface area (Å²) < 4.78 is 1.66. The number of tetrazole rings is 1. The van der Waals surface area contributed by atoms with Crippen molar-refractivity contribution in [3.63, 3.8) is 0 Å². The van der Waals surface area contributed by atoms with Gasteiger partial charge in [0.05, 0.1) is 22.8 Å². The monoisotopic (exact) mass is 428 g/mol. The van der Waals surface area contributed by atoms with Crippen LogP contribution in [0.4, 0.5) is 11.4 Å². The second-order valence-corrected chi connectivity index (χ2v) is 8.23. The van der Waals surface area contributed by atoms with Gasteiger partial charge in [-0.3, -0.25) is 4.79 Å². The Morgan fingerprint density at radius 3 is 2.76 bits per heavy atom. The summed E-state index contributed by atoms with van der Waals surface area (Å²) in [7, 11) is 0. The number of carbonyl (C=O) groups is 1. The summed E-state index contributed by atoms with van der Waals surface area (Å²) in [5.74, 6) is 0.0649. The third kappa shape index (κ3) is 4.54. The Balaban J connectivity index is 1.45. The van der Waals surface area contributed by atoms with Gasteiger partial charge in [0.25, 0.3) is 0 Å². The van der Waals surface area contributed by atoms with E-state index < -0.39 is 0 Å². The summed E-state index contributed by atoms with van der Waals surface area (Å²) >= 11 is 7.46. The number of halogens is 1. The third-order valence-corrected chi connectivity index (χ3v) is 5.95. The fourth-order valence-electron chi connectivity index (χ4n) is 3.38. The number of carbonyl (C=O) groups excluding carboxylic acids is 1. The molecule has 2 heterocycles. The van der Waals surface area contributed by atoms with Gasteiger partial charge < -0.3 is 10.2 Å². The van der Waals surface area contributed by atoms with Crippen LogP contribution in [0.1, 0.15) is 18.4 Å². The second kappa shape index (κ2) is 8.84. The topological polar surface area (TPSA) is 75.9 Å². The molecule has 7 nitrogen and oxygen atoms in total. The molecule has 0 bridgehead atoms. The number of anilines is 2. The number of aryl methyl sites for hydroxylation is 1.